The normalized spacial score (nSPS) is 37.2. The molecule has 0 spiro atoms. The first-order chi connectivity index (χ1) is 7.62. The highest BCUT2D eigenvalue weighted by molar-refractivity contribution is 5.89. The van der Waals surface area contributed by atoms with E-state index in [0.717, 1.165) is 25.7 Å². The minimum atomic E-state index is -0.964. The second-order valence-corrected chi connectivity index (χ2v) is 5.91. The van der Waals surface area contributed by atoms with Gasteiger partial charge in [-0.2, -0.15) is 0 Å². The van der Waals surface area contributed by atoms with Gasteiger partial charge in [0.1, 0.15) is 5.60 Å². The van der Waals surface area contributed by atoms with E-state index >= 15 is 0 Å². The average Bonchev–Trinajstić information content (AvgIpc) is 2.33. The van der Waals surface area contributed by atoms with Crippen LogP contribution in [0.4, 0.5) is 0 Å². The Kier molecular flexibility index (Phi) is 3.68. The third kappa shape index (κ3) is 2.48. The molecular weight excluding hydrogens is 200 g/mol. The second kappa shape index (κ2) is 4.87. The summed E-state index contributed by atoms with van der Waals surface area (Å²) >= 11 is 0. The van der Waals surface area contributed by atoms with Crippen LogP contribution in [0.2, 0.25) is 0 Å². The molecular formula is C14H24O2. The minimum Gasteiger partial charge on any atom is -0.382 e. The van der Waals surface area contributed by atoms with Crippen molar-refractivity contribution < 1.29 is 9.90 Å². The van der Waals surface area contributed by atoms with Crippen LogP contribution in [-0.2, 0) is 4.79 Å². The van der Waals surface area contributed by atoms with Gasteiger partial charge < -0.3 is 5.11 Å². The van der Waals surface area contributed by atoms with E-state index in [-0.39, 0.29) is 11.7 Å². The van der Waals surface area contributed by atoms with Crippen molar-refractivity contribution >= 4 is 5.78 Å². The summed E-state index contributed by atoms with van der Waals surface area (Å²) in [7, 11) is 0. The van der Waals surface area contributed by atoms with Crippen LogP contribution in [0, 0.1) is 11.8 Å². The maximum Gasteiger partial charge on any atom is 0.167 e. The molecule has 2 fully saturated rings. The van der Waals surface area contributed by atoms with Crippen LogP contribution in [0.1, 0.15) is 64.7 Å². The lowest BCUT2D eigenvalue weighted by molar-refractivity contribution is -0.146. The minimum absolute atomic E-state index is 0.159. The van der Waals surface area contributed by atoms with E-state index in [0.29, 0.717) is 18.8 Å². The van der Waals surface area contributed by atoms with Gasteiger partial charge in [-0.25, -0.2) is 0 Å². The van der Waals surface area contributed by atoms with E-state index in [1.54, 1.807) is 0 Å². The maximum atomic E-state index is 12.3. The predicted molar refractivity (Wildman–Crippen MR) is 64.2 cm³/mol. The van der Waals surface area contributed by atoms with Crippen LogP contribution in [0.5, 0.6) is 0 Å². The third-order valence-electron chi connectivity index (χ3n) is 4.54. The van der Waals surface area contributed by atoms with E-state index in [9.17, 15) is 9.90 Å². The van der Waals surface area contributed by atoms with E-state index in [4.69, 9.17) is 0 Å². The van der Waals surface area contributed by atoms with Gasteiger partial charge in [0.05, 0.1) is 0 Å². The molecule has 0 radical (unpaired) electrons. The lowest BCUT2D eigenvalue weighted by Gasteiger charge is -2.36. The first-order valence-corrected chi connectivity index (χ1v) is 6.88. The summed E-state index contributed by atoms with van der Waals surface area (Å²) in [5.41, 5.74) is -0.964. The van der Waals surface area contributed by atoms with Gasteiger partial charge in [-0.15, -0.1) is 0 Å². The van der Waals surface area contributed by atoms with Crippen molar-refractivity contribution in [1.29, 1.82) is 0 Å². The van der Waals surface area contributed by atoms with Crippen molar-refractivity contribution in [2.45, 2.75) is 70.3 Å². The molecule has 2 rings (SSSR count). The van der Waals surface area contributed by atoms with Crippen LogP contribution in [-0.4, -0.2) is 16.5 Å². The first kappa shape index (κ1) is 12.1. The van der Waals surface area contributed by atoms with Gasteiger partial charge in [0.25, 0.3) is 0 Å². The lowest BCUT2D eigenvalue weighted by Crippen LogP contribution is -2.45. The van der Waals surface area contributed by atoms with Gasteiger partial charge >= 0.3 is 0 Å². The Labute approximate surface area is 98.4 Å². The molecule has 2 heteroatoms. The molecule has 2 nitrogen and oxygen atoms in total. The Balaban J connectivity index is 1.96. The average molecular weight is 224 g/mol. The molecule has 16 heavy (non-hydrogen) atoms. The molecule has 0 aromatic rings. The fraction of sp³-hybridized carbons (Fsp3) is 0.929. The Morgan fingerprint density at radius 3 is 2.19 bits per heavy atom. The second-order valence-electron chi connectivity index (χ2n) is 5.91. The summed E-state index contributed by atoms with van der Waals surface area (Å²) in [6, 6.07) is 0. The highest BCUT2D eigenvalue weighted by atomic mass is 16.3. The molecule has 0 atom stereocenters. The number of carbonyl (C=O) groups is 1. The van der Waals surface area contributed by atoms with Crippen molar-refractivity contribution in [3.05, 3.63) is 0 Å². The van der Waals surface area contributed by atoms with Crippen LogP contribution in [0.3, 0.4) is 0 Å². The van der Waals surface area contributed by atoms with E-state index in [1.807, 2.05) is 0 Å². The fourth-order valence-electron chi connectivity index (χ4n) is 3.23. The van der Waals surface area contributed by atoms with Gasteiger partial charge in [-0.1, -0.05) is 26.2 Å². The van der Waals surface area contributed by atoms with Crippen LogP contribution >= 0.6 is 0 Å². The summed E-state index contributed by atoms with van der Waals surface area (Å²) in [5.74, 6) is 1.01. The van der Waals surface area contributed by atoms with Gasteiger partial charge in [-0.05, 0) is 44.4 Å². The number of Topliss-reactive ketones (excluding diaryl/α,β-unsaturated/α-hetero) is 1. The standard InChI is InChI=1S/C14H24O2/c1-11-7-9-14(16,10-8-11)13(15)12-5-3-2-4-6-12/h11-12,16H,2-10H2,1H3. The van der Waals surface area contributed by atoms with Crippen molar-refractivity contribution in [1.82, 2.24) is 0 Å². The van der Waals surface area contributed by atoms with Crippen molar-refractivity contribution in [3.8, 4) is 0 Å². The van der Waals surface area contributed by atoms with Crippen molar-refractivity contribution in [3.63, 3.8) is 0 Å². The van der Waals surface area contributed by atoms with E-state index in [2.05, 4.69) is 6.92 Å². The Bertz CT molecular complexity index is 245. The molecule has 0 bridgehead atoms. The molecule has 2 saturated carbocycles. The molecule has 0 aromatic heterocycles. The highest BCUT2D eigenvalue weighted by Gasteiger charge is 2.41. The zero-order valence-corrected chi connectivity index (χ0v) is 10.4. The number of hydrogen-bond donors (Lipinski definition) is 1. The number of ketones is 1. The molecule has 2 aliphatic rings. The molecule has 0 aromatic carbocycles. The van der Waals surface area contributed by atoms with Gasteiger partial charge in [0, 0.05) is 5.92 Å². The zero-order chi connectivity index (χ0) is 11.6. The molecule has 0 unspecified atom stereocenters. The zero-order valence-electron chi connectivity index (χ0n) is 10.4. The SMILES string of the molecule is CC1CCC(O)(C(=O)C2CCCCC2)CC1. The summed E-state index contributed by atoms with van der Waals surface area (Å²) < 4.78 is 0. The maximum absolute atomic E-state index is 12.3. The number of carbonyl (C=O) groups excluding carboxylic acids is 1. The van der Waals surface area contributed by atoms with Crippen LogP contribution in [0.25, 0.3) is 0 Å². The monoisotopic (exact) mass is 224 g/mol. The van der Waals surface area contributed by atoms with Crippen molar-refractivity contribution in [2.75, 3.05) is 0 Å². The summed E-state index contributed by atoms with van der Waals surface area (Å²) in [4.78, 5) is 12.3. The molecule has 1 N–H and O–H groups in total. The predicted octanol–water partition coefficient (Wildman–Crippen LogP) is 3.08. The van der Waals surface area contributed by atoms with Gasteiger partial charge in [0.2, 0.25) is 0 Å². The molecule has 0 aliphatic heterocycles. The highest BCUT2D eigenvalue weighted by Crippen LogP contribution is 2.37. The van der Waals surface area contributed by atoms with E-state index < -0.39 is 5.60 Å². The van der Waals surface area contributed by atoms with Crippen molar-refractivity contribution in [2.24, 2.45) is 11.8 Å². The quantitative estimate of drug-likeness (QED) is 0.782. The summed E-state index contributed by atoms with van der Waals surface area (Å²) in [5, 5.41) is 10.5. The van der Waals surface area contributed by atoms with E-state index in [1.165, 1.54) is 19.3 Å². The Hall–Kier alpha value is -0.370. The lowest BCUT2D eigenvalue weighted by atomic mass is 9.71. The summed E-state index contributed by atoms with van der Waals surface area (Å²) in [6.45, 7) is 2.21. The molecule has 0 saturated heterocycles. The largest absolute Gasteiger partial charge is 0.382 e. The first-order valence-electron chi connectivity index (χ1n) is 6.88. The number of aliphatic hydroxyl groups is 1. The Morgan fingerprint density at radius 2 is 1.62 bits per heavy atom. The smallest absolute Gasteiger partial charge is 0.167 e. The third-order valence-corrected chi connectivity index (χ3v) is 4.54. The van der Waals surface area contributed by atoms with Crippen LogP contribution in [0.15, 0.2) is 0 Å². The molecule has 0 heterocycles. The number of hydrogen-bond acceptors (Lipinski definition) is 2. The summed E-state index contributed by atoms with van der Waals surface area (Å²) in [6.07, 6.45) is 9.04. The number of rotatable bonds is 2. The topological polar surface area (TPSA) is 37.3 Å². The molecule has 92 valence electrons. The van der Waals surface area contributed by atoms with Gasteiger partial charge in [-0.3, -0.25) is 4.79 Å². The Morgan fingerprint density at radius 1 is 1.06 bits per heavy atom. The van der Waals surface area contributed by atoms with Gasteiger partial charge in [0.15, 0.2) is 5.78 Å². The van der Waals surface area contributed by atoms with Crippen LogP contribution < -0.4 is 0 Å². The molecule has 2 aliphatic carbocycles. The fourth-order valence-corrected chi connectivity index (χ4v) is 3.23. The molecule has 0 amide bonds.